The Hall–Kier alpha value is -1.27. The van der Waals surface area contributed by atoms with Crippen molar-refractivity contribution >= 4 is 5.78 Å². The molecule has 5 heteroatoms. The van der Waals surface area contributed by atoms with Crippen LogP contribution in [0.25, 0.3) is 0 Å². The first kappa shape index (κ1) is 25.0. The van der Waals surface area contributed by atoms with E-state index in [-0.39, 0.29) is 30.7 Å². The lowest BCUT2D eigenvalue weighted by Gasteiger charge is -2.16. The standard InChI is InChI=1S/C8H8O.C6H14O2.C5H12O2/c1-7(9)8-5-3-2-4-6-8;1-4-7-6(3)8-5-2;1-5(2,3-6)4-7/h2-6H,1H3;6H,4-5H2,1-3H3;6-7H,3-4H2,1-2H3. The van der Waals surface area contributed by atoms with Crippen molar-refractivity contribution in [3.05, 3.63) is 35.9 Å². The van der Waals surface area contributed by atoms with Crippen LogP contribution in [-0.4, -0.2) is 48.7 Å². The summed E-state index contributed by atoms with van der Waals surface area (Å²) in [5.74, 6) is 0.121. The quantitative estimate of drug-likeness (QED) is 0.587. The Labute approximate surface area is 146 Å². The molecule has 24 heavy (non-hydrogen) atoms. The zero-order valence-corrected chi connectivity index (χ0v) is 15.9. The Morgan fingerprint density at radius 2 is 1.46 bits per heavy atom. The van der Waals surface area contributed by atoms with Gasteiger partial charge in [0, 0.05) is 24.2 Å². The molecule has 0 amide bonds. The molecule has 0 radical (unpaired) electrons. The highest BCUT2D eigenvalue weighted by molar-refractivity contribution is 5.93. The Bertz CT molecular complexity index is 391. The predicted molar refractivity (Wildman–Crippen MR) is 97.1 cm³/mol. The molecule has 0 saturated heterocycles. The second-order valence-corrected chi connectivity index (χ2v) is 5.88. The van der Waals surface area contributed by atoms with Crippen molar-refractivity contribution in [3.63, 3.8) is 0 Å². The van der Waals surface area contributed by atoms with Gasteiger partial charge in [-0.3, -0.25) is 4.79 Å². The van der Waals surface area contributed by atoms with Gasteiger partial charge in [-0.25, -0.2) is 0 Å². The fraction of sp³-hybridized carbons (Fsp3) is 0.632. The highest BCUT2D eigenvalue weighted by atomic mass is 16.7. The number of hydrogen-bond acceptors (Lipinski definition) is 5. The molecule has 0 fully saturated rings. The van der Waals surface area contributed by atoms with Crippen LogP contribution in [0.2, 0.25) is 0 Å². The average Bonchev–Trinajstić information content (AvgIpc) is 2.57. The molecule has 1 rings (SSSR count). The number of Topliss-reactive ketones (excluding diaryl/α,β-unsaturated/α-hetero) is 1. The van der Waals surface area contributed by atoms with Gasteiger partial charge in [-0.2, -0.15) is 0 Å². The summed E-state index contributed by atoms with van der Waals surface area (Å²) in [6.45, 7) is 12.5. The third kappa shape index (κ3) is 15.6. The van der Waals surface area contributed by atoms with Crippen LogP contribution in [-0.2, 0) is 9.47 Å². The Morgan fingerprint density at radius 3 is 1.67 bits per heavy atom. The van der Waals surface area contributed by atoms with Gasteiger partial charge in [-0.15, -0.1) is 0 Å². The van der Waals surface area contributed by atoms with Crippen LogP contribution in [0, 0.1) is 5.41 Å². The maximum absolute atomic E-state index is 10.6. The summed E-state index contributed by atoms with van der Waals surface area (Å²) in [5.41, 5.74) is 0.470. The maximum Gasteiger partial charge on any atom is 0.159 e. The summed E-state index contributed by atoms with van der Waals surface area (Å²) in [7, 11) is 0. The van der Waals surface area contributed by atoms with Crippen molar-refractivity contribution in [1.29, 1.82) is 0 Å². The van der Waals surface area contributed by atoms with E-state index in [1.807, 2.05) is 51.1 Å². The second kappa shape index (κ2) is 15.3. The SMILES string of the molecule is CC(=O)c1ccccc1.CC(C)(CO)CO.CCOC(C)OCC. The van der Waals surface area contributed by atoms with Gasteiger partial charge in [0.2, 0.25) is 0 Å². The Balaban J connectivity index is 0. The molecule has 0 saturated carbocycles. The molecule has 0 aliphatic carbocycles. The van der Waals surface area contributed by atoms with E-state index in [1.54, 1.807) is 20.8 Å². The minimum Gasteiger partial charge on any atom is -0.396 e. The number of ether oxygens (including phenoxy) is 2. The fourth-order valence-electron chi connectivity index (χ4n) is 1.24. The Kier molecular flexibility index (Phi) is 15.9. The third-order valence-electron chi connectivity index (χ3n) is 2.84. The number of hydrogen-bond donors (Lipinski definition) is 2. The normalized spacial score (nSPS) is 10.4. The van der Waals surface area contributed by atoms with E-state index < -0.39 is 0 Å². The summed E-state index contributed by atoms with van der Waals surface area (Å²) < 4.78 is 10.1. The third-order valence-corrected chi connectivity index (χ3v) is 2.84. The highest BCUT2D eigenvalue weighted by Crippen LogP contribution is 2.10. The number of rotatable bonds is 7. The minimum absolute atomic E-state index is 0.0370. The first-order chi connectivity index (χ1) is 11.2. The fourth-order valence-corrected chi connectivity index (χ4v) is 1.24. The first-order valence-corrected chi connectivity index (χ1v) is 8.24. The predicted octanol–water partition coefficient (Wildman–Crippen LogP) is 3.29. The maximum atomic E-state index is 10.6. The molecule has 5 nitrogen and oxygen atoms in total. The van der Waals surface area contributed by atoms with Crippen molar-refractivity contribution in [2.75, 3.05) is 26.4 Å². The van der Waals surface area contributed by atoms with Crippen LogP contribution < -0.4 is 0 Å². The molecule has 0 heterocycles. The monoisotopic (exact) mass is 342 g/mol. The van der Waals surface area contributed by atoms with E-state index in [1.165, 1.54) is 0 Å². The molecule has 0 spiro atoms. The van der Waals surface area contributed by atoms with Crippen molar-refractivity contribution in [1.82, 2.24) is 0 Å². The van der Waals surface area contributed by atoms with E-state index in [4.69, 9.17) is 19.7 Å². The van der Waals surface area contributed by atoms with Gasteiger partial charge in [0.15, 0.2) is 12.1 Å². The Morgan fingerprint density at radius 1 is 1.04 bits per heavy atom. The van der Waals surface area contributed by atoms with E-state index in [0.29, 0.717) is 0 Å². The van der Waals surface area contributed by atoms with Crippen LogP contribution in [0.15, 0.2) is 30.3 Å². The van der Waals surface area contributed by atoms with Crippen molar-refractivity contribution < 1.29 is 24.5 Å². The molecule has 0 aliphatic heterocycles. The minimum atomic E-state index is -0.306. The summed E-state index contributed by atoms with van der Waals surface area (Å²) in [4.78, 5) is 10.6. The summed E-state index contributed by atoms with van der Waals surface area (Å²) in [6.07, 6.45) is -0.0370. The van der Waals surface area contributed by atoms with Crippen LogP contribution in [0.4, 0.5) is 0 Å². The van der Waals surface area contributed by atoms with Gasteiger partial charge in [-0.1, -0.05) is 44.2 Å². The zero-order chi connectivity index (χ0) is 19.0. The van der Waals surface area contributed by atoms with Crippen molar-refractivity contribution in [3.8, 4) is 0 Å². The van der Waals surface area contributed by atoms with Gasteiger partial charge < -0.3 is 19.7 Å². The zero-order valence-electron chi connectivity index (χ0n) is 15.9. The largest absolute Gasteiger partial charge is 0.396 e. The second-order valence-electron chi connectivity index (χ2n) is 5.88. The molecular formula is C19H34O5. The van der Waals surface area contributed by atoms with E-state index in [0.717, 1.165) is 18.8 Å². The molecule has 140 valence electrons. The van der Waals surface area contributed by atoms with E-state index >= 15 is 0 Å². The summed E-state index contributed by atoms with van der Waals surface area (Å²) in [6, 6.07) is 9.23. The first-order valence-electron chi connectivity index (χ1n) is 8.24. The smallest absolute Gasteiger partial charge is 0.159 e. The molecular weight excluding hydrogens is 308 g/mol. The van der Waals surface area contributed by atoms with Gasteiger partial charge in [0.1, 0.15) is 0 Å². The number of benzene rings is 1. The molecule has 2 N–H and O–H groups in total. The molecule has 0 atom stereocenters. The molecule has 0 aromatic heterocycles. The molecule has 0 aliphatic rings. The van der Waals surface area contributed by atoms with Gasteiger partial charge in [-0.05, 0) is 27.7 Å². The molecule has 0 unspecified atom stereocenters. The highest BCUT2D eigenvalue weighted by Gasteiger charge is 2.13. The van der Waals surface area contributed by atoms with Gasteiger partial charge in [0.25, 0.3) is 0 Å². The number of ketones is 1. The number of carbonyl (C=O) groups excluding carboxylic acids is 1. The topological polar surface area (TPSA) is 76.0 Å². The van der Waals surface area contributed by atoms with E-state index in [2.05, 4.69) is 0 Å². The summed E-state index contributed by atoms with van der Waals surface area (Å²) in [5, 5.41) is 16.9. The lowest BCUT2D eigenvalue weighted by molar-refractivity contribution is -0.123. The van der Waals surface area contributed by atoms with Crippen LogP contribution in [0.5, 0.6) is 0 Å². The van der Waals surface area contributed by atoms with Gasteiger partial charge in [0.05, 0.1) is 13.2 Å². The van der Waals surface area contributed by atoms with Crippen LogP contribution in [0.3, 0.4) is 0 Å². The molecule has 0 bridgehead atoms. The molecule has 1 aromatic rings. The van der Waals surface area contributed by atoms with Crippen molar-refractivity contribution in [2.24, 2.45) is 5.41 Å². The average molecular weight is 342 g/mol. The van der Waals surface area contributed by atoms with E-state index in [9.17, 15) is 4.79 Å². The lowest BCUT2D eigenvalue weighted by Crippen LogP contribution is -2.20. The van der Waals surface area contributed by atoms with Crippen LogP contribution in [0.1, 0.15) is 51.9 Å². The number of carbonyl (C=O) groups is 1. The van der Waals surface area contributed by atoms with Gasteiger partial charge >= 0.3 is 0 Å². The molecule has 1 aromatic carbocycles. The number of aliphatic hydroxyl groups is 2. The lowest BCUT2D eigenvalue weighted by atomic mass is 9.97. The number of aliphatic hydroxyl groups excluding tert-OH is 2. The van der Waals surface area contributed by atoms with Crippen LogP contribution >= 0.6 is 0 Å². The van der Waals surface area contributed by atoms with Crippen molar-refractivity contribution in [2.45, 2.75) is 47.8 Å². The summed E-state index contributed by atoms with van der Waals surface area (Å²) >= 11 is 0.